The van der Waals surface area contributed by atoms with Crippen LogP contribution in [0.5, 0.6) is 0 Å². The van der Waals surface area contributed by atoms with Crippen LogP contribution in [0.1, 0.15) is 37.7 Å². The van der Waals surface area contributed by atoms with Gasteiger partial charge in [0.25, 0.3) is 5.69 Å². The Labute approximate surface area is 107 Å². The zero-order valence-corrected chi connectivity index (χ0v) is 10.4. The van der Waals surface area contributed by atoms with Crippen molar-refractivity contribution in [1.82, 2.24) is 5.32 Å². The molecule has 2 bridgehead atoms. The maximum absolute atomic E-state index is 11.1. The SMILES string of the molecule is O=[N+]([O-])c1ccccc1CC12CCCC(CC1)N2. The number of benzene rings is 1. The van der Waals surface area contributed by atoms with E-state index < -0.39 is 0 Å². The molecule has 0 aliphatic carbocycles. The molecule has 0 radical (unpaired) electrons. The highest BCUT2D eigenvalue weighted by molar-refractivity contribution is 5.41. The average molecular weight is 246 g/mol. The summed E-state index contributed by atoms with van der Waals surface area (Å²) in [7, 11) is 0. The molecule has 2 aliphatic heterocycles. The fraction of sp³-hybridized carbons (Fsp3) is 0.571. The Balaban J connectivity index is 1.86. The van der Waals surface area contributed by atoms with Gasteiger partial charge >= 0.3 is 0 Å². The monoisotopic (exact) mass is 246 g/mol. The van der Waals surface area contributed by atoms with Crippen LogP contribution in [0.25, 0.3) is 0 Å². The van der Waals surface area contributed by atoms with Crippen LogP contribution in [-0.2, 0) is 6.42 Å². The molecule has 96 valence electrons. The molecule has 2 heterocycles. The fourth-order valence-corrected chi connectivity index (χ4v) is 3.56. The molecule has 2 fully saturated rings. The molecular weight excluding hydrogens is 228 g/mol. The molecule has 3 rings (SSSR count). The lowest BCUT2D eigenvalue weighted by atomic mass is 9.84. The van der Waals surface area contributed by atoms with Gasteiger partial charge in [0.1, 0.15) is 0 Å². The molecule has 2 aliphatic rings. The number of piperidine rings is 1. The second kappa shape index (κ2) is 4.35. The minimum atomic E-state index is -0.263. The lowest BCUT2D eigenvalue weighted by Crippen LogP contribution is -2.48. The van der Waals surface area contributed by atoms with E-state index in [1.165, 1.54) is 19.3 Å². The zero-order chi connectivity index (χ0) is 12.6. The van der Waals surface area contributed by atoms with Crippen molar-refractivity contribution < 1.29 is 4.92 Å². The Morgan fingerprint density at radius 3 is 3.00 bits per heavy atom. The third-order valence-corrected chi connectivity index (χ3v) is 4.41. The van der Waals surface area contributed by atoms with Gasteiger partial charge in [0.05, 0.1) is 4.92 Å². The molecule has 1 aromatic carbocycles. The summed E-state index contributed by atoms with van der Waals surface area (Å²) in [4.78, 5) is 10.8. The first-order valence-corrected chi connectivity index (χ1v) is 6.69. The number of hydrogen-bond donors (Lipinski definition) is 1. The van der Waals surface area contributed by atoms with E-state index in [4.69, 9.17) is 0 Å². The number of nitro benzene ring substituents is 1. The van der Waals surface area contributed by atoms with Crippen LogP contribution in [0.3, 0.4) is 0 Å². The molecule has 1 aromatic rings. The van der Waals surface area contributed by atoms with Gasteiger partial charge in [0.2, 0.25) is 0 Å². The molecule has 18 heavy (non-hydrogen) atoms. The summed E-state index contributed by atoms with van der Waals surface area (Å²) < 4.78 is 0. The van der Waals surface area contributed by atoms with E-state index in [0.717, 1.165) is 24.8 Å². The van der Waals surface area contributed by atoms with Crippen LogP contribution in [0.2, 0.25) is 0 Å². The Kier molecular flexibility index (Phi) is 2.82. The van der Waals surface area contributed by atoms with E-state index in [1.807, 2.05) is 12.1 Å². The van der Waals surface area contributed by atoms with Crippen LogP contribution in [0, 0.1) is 10.1 Å². The summed E-state index contributed by atoms with van der Waals surface area (Å²) in [5, 5.41) is 14.7. The van der Waals surface area contributed by atoms with Gasteiger partial charge in [0.15, 0.2) is 0 Å². The molecule has 0 spiro atoms. The van der Waals surface area contributed by atoms with E-state index >= 15 is 0 Å². The van der Waals surface area contributed by atoms with Crippen LogP contribution in [0.15, 0.2) is 24.3 Å². The maximum Gasteiger partial charge on any atom is 0.272 e. The lowest BCUT2D eigenvalue weighted by Gasteiger charge is -2.34. The third kappa shape index (κ3) is 2.01. The second-order valence-electron chi connectivity index (χ2n) is 5.62. The van der Waals surface area contributed by atoms with Gasteiger partial charge in [0, 0.05) is 23.2 Å². The second-order valence-corrected chi connectivity index (χ2v) is 5.62. The number of fused-ring (bicyclic) bond motifs is 2. The van der Waals surface area contributed by atoms with Gasteiger partial charge in [-0.2, -0.15) is 0 Å². The maximum atomic E-state index is 11.1. The first kappa shape index (κ1) is 11.7. The zero-order valence-electron chi connectivity index (χ0n) is 10.4. The number of nitrogens with zero attached hydrogens (tertiary/aromatic N) is 1. The number of nitrogens with one attached hydrogen (secondary N) is 1. The Morgan fingerprint density at radius 1 is 1.33 bits per heavy atom. The Hall–Kier alpha value is -1.42. The molecule has 4 nitrogen and oxygen atoms in total. The fourth-order valence-electron chi connectivity index (χ4n) is 3.56. The smallest absolute Gasteiger partial charge is 0.272 e. The molecule has 4 heteroatoms. The van der Waals surface area contributed by atoms with Crippen molar-refractivity contribution in [1.29, 1.82) is 0 Å². The van der Waals surface area contributed by atoms with Gasteiger partial charge in [-0.05, 0) is 32.1 Å². The van der Waals surface area contributed by atoms with Crippen molar-refractivity contribution in [3.05, 3.63) is 39.9 Å². The highest BCUT2D eigenvalue weighted by Crippen LogP contribution is 2.39. The van der Waals surface area contributed by atoms with E-state index in [9.17, 15) is 10.1 Å². The quantitative estimate of drug-likeness (QED) is 0.659. The highest BCUT2D eigenvalue weighted by Gasteiger charge is 2.42. The van der Waals surface area contributed by atoms with Crippen molar-refractivity contribution in [3.63, 3.8) is 0 Å². The lowest BCUT2D eigenvalue weighted by molar-refractivity contribution is -0.385. The number of para-hydroxylation sites is 1. The first-order chi connectivity index (χ1) is 8.69. The highest BCUT2D eigenvalue weighted by atomic mass is 16.6. The van der Waals surface area contributed by atoms with E-state index in [1.54, 1.807) is 12.1 Å². The van der Waals surface area contributed by atoms with E-state index in [-0.39, 0.29) is 16.1 Å². The predicted octanol–water partition coefficient (Wildman–Crippen LogP) is 2.81. The van der Waals surface area contributed by atoms with Crippen molar-refractivity contribution in [3.8, 4) is 0 Å². The molecule has 2 unspecified atom stereocenters. The summed E-state index contributed by atoms with van der Waals surface area (Å²) in [5.41, 5.74) is 1.26. The normalized spacial score (nSPS) is 30.3. The topological polar surface area (TPSA) is 55.2 Å². The van der Waals surface area contributed by atoms with Gasteiger partial charge in [-0.3, -0.25) is 10.1 Å². The number of rotatable bonds is 3. The largest absolute Gasteiger partial charge is 0.308 e. The molecular formula is C14H18N2O2. The minimum Gasteiger partial charge on any atom is -0.308 e. The average Bonchev–Trinajstić information content (AvgIpc) is 2.65. The summed E-state index contributed by atoms with van der Waals surface area (Å²) in [6.07, 6.45) is 6.83. The van der Waals surface area contributed by atoms with Gasteiger partial charge in [-0.25, -0.2) is 0 Å². The third-order valence-electron chi connectivity index (χ3n) is 4.41. The van der Waals surface area contributed by atoms with Gasteiger partial charge in [-0.15, -0.1) is 0 Å². The van der Waals surface area contributed by atoms with Crippen molar-refractivity contribution in [2.24, 2.45) is 0 Å². The van der Waals surface area contributed by atoms with Crippen molar-refractivity contribution >= 4 is 5.69 Å². The van der Waals surface area contributed by atoms with Gasteiger partial charge in [-0.1, -0.05) is 24.6 Å². The summed E-state index contributed by atoms with van der Waals surface area (Å²) in [6, 6.07) is 7.79. The van der Waals surface area contributed by atoms with Gasteiger partial charge < -0.3 is 5.32 Å². The molecule has 0 amide bonds. The first-order valence-electron chi connectivity index (χ1n) is 6.69. The molecule has 2 atom stereocenters. The van der Waals surface area contributed by atoms with Crippen LogP contribution in [-0.4, -0.2) is 16.5 Å². The summed E-state index contributed by atoms with van der Waals surface area (Å²) in [5.74, 6) is 0. The summed E-state index contributed by atoms with van der Waals surface area (Å²) >= 11 is 0. The minimum absolute atomic E-state index is 0.120. The standard InChI is InChI=1S/C14H18N2O2/c17-16(18)13-6-2-1-4-11(13)10-14-8-3-5-12(15-14)7-9-14/h1-2,4,6,12,15H,3,5,7-10H2. The Bertz CT molecular complexity index is 471. The molecule has 2 saturated heterocycles. The predicted molar refractivity (Wildman–Crippen MR) is 69.5 cm³/mol. The molecule has 1 N–H and O–H groups in total. The van der Waals surface area contributed by atoms with Crippen molar-refractivity contribution in [2.45, 2.75) is 50.1 Å². The van der Waals surface area contributed by atoms with Crippen LogP contribution >= 0.6 is 0 Å². The molecule has 0 saturated carbocycles. The van der Waals surface area contributed by atoms with E-state index in [2.05, 4.69) is 5.32 Å². The number of nitro groups is 1. The van der Waals surface area contributed by atoms with Crippen LogP contribution in [0.4, 0.5) is 5.69 Å². The molecule has 0 aromatic heterocycles. The van der Waals surface area contributed by atoms with E-state index in [0.29, 0.717) is 6.04 Å². The number of hydrogen-bond acceptors (Lipinski definition) is 3. The Morgan fingerprint density at radius 2 is 2.17 bits per heavy atom. The van der Waals surface area contributed by atoms with Crippen molar-refractivity contribution in [2.75, 3.05) is 0 Å². The summed E-state index contributed by atoms with van der Waals surface area (Å²) in [6.45, 7) is 0. The van der Waals surface area contributed by atoms with Crippen LogP contribution < -0.4 is 5.32 Å².